The van der Waals surface area contributed by atoms with Crippen molar-refractivity contribution in [3.8, 4) is 22.5 Å². The summed E-state index contributed by atoms with van der Waals surface area (Å²) in [7, 11) is 0. The second kappa shape index (κ2) is 16.8. The SMILES string of the molecule is CC(C)c1ccnc(-c2[c-]ccc3c2oc2cccc(C(C)c4ccccc4)c23)c1.Cc1cnc(-c2[c-]cccc2)cc1CC1CCCCC1.[Ir]. The summed E-state index contributed by atoms with van der Waals surface area (Å²) in [6.45, 7) is 8.83. The van der Waals surface area contributed by atoms with Crippen LogP contribution in [0.3, 0.4) is 0 Å². The Balaban J connectivity index is 0.000000186. The zero-order valence-corrected chi connectivity index (χ0v) is 32.5. The number of aromatic nitrogens is 2. The molecule has 0 bridgehead atoms. The number of rotatable bonds is 7. The molecule has 0 amide bonds. The fraction of sp³-hybridized carbons (Fsp3) is 0.277. The van der Waals surface area contributed by atoms with Gasteiger partial charge in [-0.1, -0.05) is 130 Å². The number of nitrogens with zero attached hydrogens (tertiary/aromatic N) is 2. The van der Waals surface area contributed by atoms with Gasteiger partial charge in [0.1, 0.15) is 5.58 Å². The van der Waals surface area contributed by atoms with Crippen LogP contribution < -0.4 is 0 Å². The number of benzene rings is 4. The van der Waals surface area contributed by atoms with Gasteiger partial charge in [-0.25, -0.2) is 0 Å². The van der Waals surface area contributed by atoms with Crippen molar-refractivity contribution in [2.24, 2.45) is 5.92 Å². The molecule has 1 unspecified atom stereocenters. The molecule has 261 valence electrons. The first-order chi connectivity index (χ1) is 24.5. The zero-order chi connectivity index (χ0) is 34.5. The molecule has 8 rings (SSSR count). The second-order valence-electron chi connectivity index (χ2n) is 14.2. The number of furan rings is 1. The maximum Gasteiger partial charge on any atom is 0.121 e. The molecule has 1 radical (unpaired) electrons. The standard InChI is InChI=1S/C28H24NO.C19H22N.Ir/c1-18(2)21-15-16-29-25(17-21)23-12-7-13-24-27-22(11-8-14-26(27)30-28(23)24)19(3)20-9-5-4-6-10-20;1-15-14-20-19(17-10-6-3-7-11-17)13-18(15)12-16-8-4-2-5-9-16;/h4-11,13-19H,1-3H3;3,6-7,10,13-14,16H,2,4-5,8-9,12H2,1H3;/q2*-1;. The molecule has 0 spiro atoms. The molecule has 3 heterocycles. The first kappa shape index (κ1) is 36.4. The number of hydrogen-bond acceptors (Lipinski definition) is 3. The van der Waals surface area contributed by atoms with Crippen molar-refractivity contribution < 1.29 is 24.5 Å². The maximum atomic E-state index is 6.39. The van der Waals surface area contributed by atoms with Crippen molar-refractivity contribution in [1.82, 2.24) is 9.97 Å². The normalized spacial score (nSPS) is 13.8. The third-order valence-corrected chi connectivity index (χ3v) is 10.4. The fourth-order valence-corrected chi connectivity index (χ4v) is 7.42. The average Bonchev–Trinajstić information content (AvgIpc) is 3.56. The van der Waals surface area contributed by atoms with E-state index < -0.39 is 0 Å². The van der Waals surface area contributed by atoms with Crippen LogP contribution >= 0.6 is 0 Å². The predicted octanol–water partition coefficient (Wildman–Crippen LogP) is 12.7. The molecule has 3 aromatic heterocycles. The van der Waals surface area contributed by atoms with Crippen LogP contribution in [-0.2, 0) is 26.5 Å². The fourth-order valence-electron chi connectivity index (χ4n) is 7.42. The average molecular weight is 847 g/mol. The van der Waals surface area contributed by atoms with E-state index in [9.17, 15) is 0 Å². The van der Waals surface area contributed by atoms with E-state index in [1.54, 1.807) is 0 Å². The van der Waals surface area contributed by atoms with Gasteiger partial charge in [-0.05, 0) is 65.4 Å². The van der Waals surface area contributed by atoms with E-state index in [0.717, 1.165) is 45.0 Å². The Bertz CT molecular complexity index is 2180. The summed E-state index contributed by atoms with van der Waals surface area (Å²) in [6.07, 6.45) is 12.2. The van der Waals surface area contributed by atoms with Crippen molar-refractivity contribution in [1.29, 1.82) is 0 Å². The van der Waals surface area contributed by atoms with Crippen LogP contribution in [0.15, 0.2) is 120 Å². The van der Waals surface area contributed by atoms with Crippen LogP contribution in [0.1, 0.15) is 92.5 Å². The molecular formula is C47H46IrN2O-2. The summed E-state index contributed by atoms with van der Waals surface area (Å²) in [5.41, 5.74) is 12.4. The Morgan fingerprint density at radius 2 is 1.57 bits per heavy atom. The molecule has 7 aromatic rings. The van der Waals surface area contributed by atoms with Crippen LogP contribution in [0, 0.1) is 25.0 Å². The molecule has 1 atom stereocenters. The van der Waals surface area contributed by atoms with Gasteiger partial charge in [-0.2, -0.15) is 0 Å². The van der Waals surface area contributed by atoms with Gasteiger partial charge in [0.2, 0.25) is 0 Å². The molecule has 3 nitrogen and oxygen atoms in total. The monoisotopic (exact) mass is 847 g/mol. The summed E-state index contributed by atoms with van der Waals surface area (Å²) >= 11 is 0. The topological polar surface area (TPSA) is 38.9 Å². The van der Waals surface area contributed by atoms with Crippen LogP contribution in [0.5, 0.6) is 0 Å². The van der Waals surface area contributed by atoms with Crippen molar-refractivity contribution in [2.75, 3.05) is 0 Å². The minimum atomic E-state index is 0. The summed E-state index contributed by atoms with van der Waals surface area (Å²) in [5.74, 6) is 1.59. The van der Waals surface area contributed by atoms with Crippen LogP contribution in [0.4, 0.5) is 0 Å². The Kier molecular flexibility index (Phi) is 12.0. The molecule has 1 aliphatic carbocycles. The van der Waals surface area contributed by atoms with E-state index in [1.807, 2.05) is 36.7 Å². The first-order valence-electron chi connectivity index (χ1n) is 18.3. The summed E-state index contributed by atoms with van der Waals surface area (Å²) in [5, 5.41) is 2.30. The third kappa shape index (κ3) is 8.25. The molecule has 1 fully saturated rings. The van der Waals surface area contributed by atoms with Gasteiger partial charge in [-0.3, -0.25) is 0 Å². The van der Waals surface area contributed by atoms with Crippen LogP contribution in [-0.4, -0.2) is 9.97 Å². The van der Waals surface area contributed by atoms with Crippen molar-refractivity contribution in [3.63, 3.8) is 0 Å². The smallest absolute Gasteiger partial charge is 0.121 e. The van der Waals surface area contributed by atoms with Gasteiger partial charge in [-0.15, -0.1) is 54.1 Å². The summed E-state index contributed by atoms with van der Waals surface area (Å²) in [4.78, 5) is 9.20. The Labute approximate surface area is 316 Å². The molecule has 1 saturated carbocycles. The molecule has 0 saturated heterocycles. The molecular weight excluding hydrogens is 801 g/mol. The minimum Gasteiger partial charge on any atom is -0.501 e. The van der Waals surface area contributed by atoms with Crippen molar-refractivity contribution in [3.05, 3.63) is 155 Å². The Hall–Kier alpha value is -4.37. The number of hydrogen-bond donors (Lipinski definition) is 0. The van der Waals surface area contributed by atoms with Gasteiger partial charge >= 0.3 is 0 Å². The molecule has 0 N–H and O–H groups in total. The van der Waals surface area contributed by atoms with Crippen LogP contribution in [0.25, 0.3) is 44.5 Å². The van der Waals surface area contributed by atoms with E-state index in [0.29, 0.717) is 5.92 Å². The number of fused-ring (bicyclic) bond motifs is 3. The molecule has 4 aromatic carbocycles. The van der Waals surface area contributed by atoms with Gasteiger partial charge in [0.25, 0.3) is 0 Å². The first-order valence-corrected chi connectivity index (χ1v) is 18.3. The summed E-state index contributed by atoms with van der Waals surface area (Å²) < 4.78 is 6.39. The van der Waals surface area contributed by atoms with Crippen molar-refractivity contribution in [2.45, 2.75) is 78.1 Å². The Morgan fingerprint density at radius 3 is 2.33 bits per heavy atom. The quantitative estimate of drug-likeness (QED) is 0.150. The van der Waals surface area contributed by atoms with E-state index in [4.69, 9.17) is 4.42 Å². The second-order valence-corrected chi connectivity index (χ2v) is 14.2. The molecule has 51 heavy (non-hydrogen) atoms. The minimum absolute atomic E-state index is 0. The van der Waals surface area contributed by atoms with Crippen molar-refractivity contribution >= 4 is 21.9 Å². The van der Waals surface area contributed by atoms with E-state index in [1.165, 1.54) is 71.7 Å². The summed E-state index contributed by atoms with van der Waals surface area (Å²) in [6, 6.07) is 42.3. The number of aryl methyl sites for hydroxylation is 1. The van der Waals surface area contributed by atoms with E-state index in [-0.39, 0.29) is 26.0 Å². The van der Waals surface area contributed by atoms with E-state index in [2.05, 4.69) is 129 Å². The molecule has 0 aliphatic heterocycles. The third-order valence-electron chi connectivity index (χ3n) is 10.4. The van der Waals surface area contributed by atoms with Gasteiger partial charge < -0.3 is 14.4 Å². The maximum absolute atomic E-state index is 6.39. The van der Waals surface area contributed by atoms with Gasteiger partial charge in [0.05, 0.1) is 5.58 Å². The van der Waals surface area contributed by atoms with Crippen LogP contribution in [0.2, 0.25) is 0 Å². The zero-order valence-electron chi connectivity index (χ0n) is 30.1. The molecule has 4 heteroatoms. The van der Waals surface area contributed by atoms with Gasteiger partial charge in [0.15, 0.2) is 0 Å². The molecule has 1 aliphatic rings. The van der Waals surface area contributed by atoms with E-state index >= 15 is 0 Å². The number of pyridine rings is 2. The largest absolute Gasteiger partial charge is 0.501 e. The Morgan fingerprint density at radius 1 is 0.765 bits per heavy atom. The van der Waals surface area contributed by atoms with Gasteiger partial charge in [0, 0.05) is 43.8 Å². The predicted molar refractivity (Wildman–Crippen MR) is 207 cm³/mol.